The van der Waals surface area contributed by atoms with Crippen molar-refractivity contribution in [2.24, 2.45) is 0 Å². The van der Waals surface area contributed by atoms with Crippen LogP contribution in [0.4, 0.5) is 0 Å². The first-order chi connectivity index (χ1) is 26.6. The number of unbranched alkanes of at least 4 members (excludes halogenated alkanes) is 17. The summed E-state index contributed by atoms with van der Waals surface area (Å²) in [7, 11) is 0. The highest BCUT2D eigenvalue weighted by atomic mass is 16.7. The Morgan fingerprint density at radius 1 is 0.500 bits per heavy atom. The molecule has 0 heterocycles. The molecule has 0 fully saturated rings. The maximum absolute atomic E-state index is 12.5. The standard InChI is InChI=1S/C46H87NO7/c1-4-7-10-13-16-17-23-28-40-51-44(49)33-25-18-19-26-36-47(38-32-39-48)37-27-20-24-29-41-52-45(50)34-35-46(53-42-30-21-14-11-8-5-2)54-43-31-22-15-12-9-6-3/h8-9,11-12,46,48H,4-7,10,13-43H2,1-3H3/b11-8-,12-9-. The Hall–Kier alpha value is -1.74. The molecule has 0 aliphatic rings. The second-order valence-corrected chi connectivity index (χ2v) is 14.9. The van der Waals surface area contributed by atoms with E-state index in [1.54, 1.807) is 0 Å². The first kappa shape index (κ1) is 52.3. The molecule has 0 aromatic heterocycles. The fourth-order valence-corrected chi connectivity index (χ4v) is 6.31. The maximum atomic E-state index is 12.5. The van der Waals surface area contributed by atoms with Crippen molar-refractivity contribution in [1.29, 1.82) is 0 Å². The number of hydrogen-bond donors (Lipinski definition) is 1. The lowest BCUT2D eigenvalue weighted by molar-refractivity contribution is -0.159. The first-order valence-corrected chi connectivity index (χ1v) is 22.7. The molecule has 0 atom stereocenters. The lowest BCUT2D eigenvalue weighted by Crippen LogP contribution is -2.28. The molecule has 8 nitrogen and oxygen atoms in total. The molecular formula is C46H87NO7. The predicted molar refractivity (Wildman–Crippen MR) is 226 cm³/mol. The molecule has 318 valence electrons. The van der Waals surface area contributed by atoms with E-state index >= 15 is 0 Å². The van der Waals surface area contributed by atoms with Crippen molar-refractivity contribution in [3.63, 3.8) is 0 Å². The van der Waals surface area contributed by atoms with E-state index in [4.69, 9.17) is 18.9 Å². The zero-order valence-corrected chi connectivity index (χ0v) is 35.7. The average Bonchev–Trinajstić information content (AvgIpc) is 3.17. The number of aliphatic hydroxyl groups excluding tert-OH is 1. The quantitative estimate of drug-likeness (QED) is 0.0284. The predicted octanol–water partition coefficient (Wildman–Crippen LogP) is 11.8. The number of rotatable bonds is 43. The monoisotopic (exact) mass is 766 g/mol. The van der Waals surface area contributed by atoms with Crippen molar-refractivity contribution >= 4 is 11.9 Å². The van der Waals surface area contributed by atoms with Crippen molar-refractivity contribution in [3.05, 3.63) is 24.3 Å². The molecule has 0 amide bonds. The second-order valence-electron chi connectivity index (χ2n) is 14.9. The van der Waals surface area contributed by atoms with Crippen molar-refractivity contribution in [3.8, 4) is 0 Å². The van der Waals surface area contributed by atoms with Gasteiger partial charge < -0.3 is 29.0 Å². The molecule has 0 aliphatic heterocycles. The van der Waals surface area contributed by atoms with Crippen LogP contribution < -0.4 is 0 Å². The van der Waals surface area contributed by atoms with Gasteiger partial charge in [0, 0.05) is 39.2 Å². The Kier molecular flexibility index (Phi) is 42.6. The molecule has 8 heteroatoms. The van der Waals surface area contributed by atoms with Crippen LogP contribution in [0.15, 0.2) is 24.3 Å². The zero-order chi connectivity index (χ0) is 39.4. The molecule has 0 saturated carbocycles. The van der Waals surface area contributed by atoms with E-state index in [2.05, 4.69) is 50.0 Å². The first-order valence-electron chi connectivity index (χ1n) is 22.7. The summed E-state index contributed by atoms with van der Waals surface area (Å²) in [6, 6.07) is 0. The number of nitrogens with zero attached hydrogens (tertiary/aromatic N) is 1. The molecule has 54 heavy (non-hydrogen) atoms. The fourth-order valence-electron chi connectivity index (χ4n) is 6.31. The van der Waals surface area contributed by atoms with E-state index in [0.717, 1.165) is 142 Å². The summed E-state index contributed by atoms with van der Waals surface area (Å²) in [6.07, 6.45) is 37.4. The van der Waals surface area contributed by atoms with Gasteiger partial charge in [-0.2, -0.15) is 0 Å². The van der Waals surface area contributed by atoms with Crippen LogP contribution in [0, 0.1) is 0 Å². The van der Waals surface area contributed by atoms with E-state index in [0.29, 0.717) is 45.7 Å². The summed E-state index contributed by atoms with van der Waals surface area (Å²) in [5, 5.41) is 9.37. The Morgan fingerprint density at radius 3 is 1.46 bits per heavy atom. The van der Waals surface area contributed by atoms with E-state index in [9.17, 15) is 14.7 Å². The molecular weight excluding hydrogens is 679 g/mol. The van der Waals surface area contributed by atoms with Crippen LogP contribution in [0.25, 0.3) is 0 Å². The Labute approximate surface area is 333 Å². The molecule has 0 aromatic rings. The highest BCUT2D eigenvalue weighted by Crippen LogP contribution is 2.13. The van der Waals surface area contributed by atoms with Gasteiger partial charge in [-0.1, -0.05) is 116 Å². The summed E-state index contributed by atoms with van der Waals surface area (Å²) in [4.78, 5) is 27.0. The van der Waals surface area contributed by atoms with Crippen LogP contribution in [0.1, 0.15) is 201 Å². The molecule has 1 N–H and O–H groups in total. The largest absolute Gasteiger partial charge is 0.466 e. The number of hydrogen-bond acceptors (Lipinski definition) is 8. The zero-order valence-electron chi connectivity index (χ0n) is 35.7. The molecule has 0 unspecified atom stereocenters. The van der Waals surface area contributed by atoms with E-state index in [1.807, 2.05) is 0 Å². The van der Waals surface area contributed by atoms with Crippen LogP contribution in [0.5, 0.6) is 0 Å². The van der Waals surface area contributed by atoms with Gasteiger partial charge in [-0.05, 0) is 103 Å². The number of ether oxygens (including phenoxy) is 4. The molecule has 0 saturated heterocycles. The van der Waals surface area contributed by atoms with E-state index in [1.165, 1.54) is 38.5 Å². The molecule has 0 rings (SSSR count). The van der Waals surface area contributed by atoms with Crippen molar-refractivity contribution in [1.82, 2.24) is 4.90 Å². The van der Waals surface area contributed by atoms with Gasteiger partial charge in [-0.15, -0.1) is 0 Å². The normalized spacial score (nSPS) is 11.9. The summed E-state index contributed by atoms with van der Waals surface area (Å²) >= 11 is 0. The van der Waals surface area contributed by atoms with E-state index < -0.39 is 0 Å². The number of carbonyl (C=O) groups excluding carboxylic acids is 2. The lowest BCUT2D eigenvalue weighted by Gasteiger charge is -2.22. The van der Waals surface area contributed by atoms with Gasteiger partial charge in [0.15, 0.2) is 6.29 Å². The minimum atomic E-state index is -0.360. The lowest BCUT2D eigenvalue weighted by atomic mass is 10.1. The van der Waals surface area contributed by atoms with Gasteiger partial charge in [0.1, 0.15) is 0 Å². The number of aliphatic hydroxyl groups is 1. The summed E-state index contributed by atoms with van der Waals surface area (Å²) < 4.78 is 23.1. The van der Waals surface area contributed by atoms with Gasteiger partial charge in [-0.3, -0.25) is 9.59 Å². The third-order valence-corrected chi connectivity index (χ3v) is 9.66. The smallest absolute Gasteiger partial charge is 0.305 e. The van der Waals surface area contributed by atoms with Gasteiger partial charge in [0.2, 0.25) is 0 Å². The molecule has 0 spiro atoms. The number of esters is 2. The van der Waals surface area contributed by atoms with Crippen LogP contribution in [-0.2, 0) is 28.5 Å². The highest BCUT2D eigenvalue weighted by Gasteiger charge is 2.14. The SMILES string of the molecule is CC/C=C\CCCCOC(CCC(=O)OCCCCCCN(CCCO)CCCCCCC(=O)OCCCCCCCCCC)OCCCC/C=C\CC. The maximum Gasteiger partial charge on any atom is 0.305 e. The van der Waals surface area contributed by atoms with Gasteiger partial charge in [0.25, 0.3) is 0 Å². The summed E-state index contributed by atoms with van der Waals surface area (Å²) in [6.45, 7) is 12.1. The van der Waals surface area contributed by atoms with Gasteiger partial charge in [-0.25, -0.2) is 0 Å². The summed E-state index contributed by atoms with van der Waals surface area (Å²) in [5.41, 5.74) is 0. The molecule has 0 bridgehead atoms. The number of allylic oxidation sites excluding steroid dienone is 4. The second kappa shape index (κ2) is 44.0. The topological polar surface area (TPSA) is 94.5 Å². The molecule has 0 aromatic carbocycles. The molecule has 0 radical (unpaired) electrons. The Bertz CT molecular complexity index is 825. The Morgan fingerprint density at radius 2 is 0.944 bits per heavy atom. The van der Waals surface area contributed by atoms with Gasteiger partial charge in [0.05, 0.1) is 19.6 Å². The van der Waals surface area contributed by atoms with Crippen LogP contribution in [-0.4, -0.2) is 80.9 Å². The van der Waals surface area contributed by atoms with Crippen LogP contribution in [0.2, 0.25) is 0 Å². The third-order valence-electron chi connectivity index (χ3n) is 9.66. The van der Waals surface area contributed by atoms with Crippen molar-refractivity contribution in [2.45, 2.75) is 207 Å². The highest BCUT2D eigenvalue weighted by molar-refractivity contribution is 5.69. The third kappa shape index (κ3) is 39.9. The minimum Gasteiger partial charge on any atom is -0.466 e. The molecule has 0 aliphatic carbocycles. The number of carbonyl (C=O) groups is 2. The van der Waals surface area contributed by atoms with Gasteiger partial charge >= 0.3 is 11.9 Å². The van der Waals surface area contributed by atoms with Crippen molar-refractivity contribution in [2.75, 3.05) is 52.7 Å². The van der Waals surface area contributed by atoms with E-state index in [-0.39, 0.29) is 24.8 Å². The van der Waals surface area contributed by atoms with Crippen LogP contribution in [0.3, 0.4) is 0 Å². The average molecular weight is 766 g/mol. The summed E-state index contributed by atoms with van der Waals surface area (Å²) in [5.74, 6) is -0.220. The fraction of sp³-hybridized carbons (Fsp3) is 0.870. The Balaban J connectivity index is 4.07. The van der Waals surface area contributed by atoms with Crippen LogP contribution >= 0.6 is 0 Å². The van der Waals surface area contributed by atoms with Crippen molar-refractivity contribution < 1.29 is 33.6 Å². The minimum absolute atomic E-state index is 0.0463.